The maximum Gasteiger partial charge on any atom is 0.257 e. The molecule has 78 valence electrons. The Morgan fingerprint density at radius 2 is 2.14 bits per heavy atom. The minimum Gasteiger partial charge on any atom is -0.494 e. The van der Waals surface area contributed by atoms with Crippen molar-refractivity contribution >= 4 is 0 Å². The van der Waals surface area contributed by atoms with Crippen molar-refractivity contribution in [2.24, 2.45) is 5.73 Å². The molecular weight excluding hydrogens is 188 g/mol. The lowest BCUT2D eigenvalue weighted by Crippen LogP contribution is -2.18. The predicted octanol–water partition coefficient (Wildman–Crippen LogP) is 2.35. The van der Waals surface area contributed by atoms with Crippen LogP contribution in [0.1, 0.15) is 18.5 Å². The van der Waals surface area contributed by atoms with Gasteiger partial charge in [-0.15, -0.1) is 0 Å². The number of nitrogens with two attached hydrogens (primary N) is 1. The molecule has 0 aliphatic carbocycles. The van der Waals surface area contributed by atoms with E-state index in [-0.39, 0.29) is 0 Å². The molecule has 1 atom stereocenters. The number of benzene rings is 1. The van der Waals surface area contributed by atoms with Crippen molar-refractivity contribution < 1.29 is 13.5 Å². The lowest BCUT2D eigenvalue weighted by molar-refractivity contribution is 0.116. The molecule has 0 amide bonds. The first-order chi connectivity index (χ1) is 6.65. The van der Waals surface area contributed by atoms with Crippen LogP contribution in [0, 0.1) is 0 Å². The number of halogens is 2. The molecule has 0 heterocycles. The SMILES string of the molecule is CCOc1cccc([C@@H](N)C(F)F)c1. The highest BCUT2D eigenvalue weighted by atomic mass is 19.3. The predicted molar refractivity (Wildman–Crippen MR) is 50.5 cm³/mol. The fourth-order valence-electron chi connectivity index (χ4n) is 1.12. The zero-order valence-electron chi connectivity index (χ0n) is 7.91. The second kappa shape index (κ2) is 4.91. The molecule has 1 aromatic rings. The Bertz CT molecular complexity index is 291. The summed E-state index contributed by atoms with van der Waals surface area (Å²) in [6.45, 7) is 2.34. The molecule has 0 radical (unpaired) electrons. The zero-order chi connectivity index (χ0) is 10.6. The zero-order valence-corrected chi connectivity index (χ0v) is 7.91. The standard InChI is InChI=1S/C10H13F2NO/c1-2-14-8-5-3-4-7(6-8)9(13)10(11)12/h3-6,9-10H,2,13H2,1H3/t9-/m1/s1. The van der Waals surface area contributed by atoms with Crippen molar-refractivity contribution in [3.63, 3.8) is 0 Å². The van der Waals surface area contributed by atoms with Crippen LogP contribution in [0.25, 0.3) is 0 Å². The largest absolute Gasteiger partial charge is 0.494 e. The van der Waals surface area contributed by atoms with Crippen molar-refractivity contribution in [1.82, 2.24) is 0 Å². The summed E-state index contributed by atoms with van der Waals surface area (Å²) >= 11 is 0. The monoisotopic (exact) mass is 201 g/mol. The maximum absolute atomic E-state index is 12.3. The Hall–Kier alpha value is -1.16. The summed E-state index contributed by atoms with van der Waals surface area (Å²) in [5, 5.41) is 0. The number of rotatable bonds is 4. The Labute approximate surface area is 81.7 Å². The summed E-state index contributed by atoms with van der Waals surface area (Å²) in [5.41, 5.74) is 5.69. The van der Waals surface area contributed by atoms with Gasteiger partial charge in [-0.25, -0.2) is 8.78 Å². The molecule has 0 fully saturated rings. The number of ether oxygens (including phenoxy) is 1. The van der Waals surface area contributed by atoms with Gasteiger partial charge >= 0.3 is 0 Å². The van der Waals surface area contributed by atoms with Crippen molar-refractivity contribution in [1.29, 1.82) is 0 Å². The third kappa shape index (κ3) is 2.67. The third-order valence-electron chi connectivity index (χ3n) is 1.83. The smallest absolute Gasteiger partial charge is 0.257 e. The molecule has 0 saturated carbocycles. The van der Waals surface area contributed by atoms with E-state index in [0.717, 1.165) is 0 Å². The molecule has 2 N–H and O–H groups in total. The average Bonchev–Trinajstić information content (AvgIpc) is 2.17. The number of hydrogen-bond donors (Lipinski definition) is 1. The summed E-state index contributed by atoms with van der Waals surface area (Å²) in [6.07, 6.45) is -2.55. The van der Waals surface area contributed by atoms with Gasteiger partial charge in [0.05, 0.1) is 12.6 Å². The first-order valence-corrected chi connectivity index (χ1v) is 4.41. The topological polar surface area (TPSA) is 35.2 Å². The molecule has 0 unspecified atom stereocenters. The van der Waals surface area contributed by atoms with E-state index in [1.165, 1.54) is 0 Å². The van der Waals surface area contributed by atoms with Crippen LogP contribution in [0.4, 0.5) is 8.78 Å². The van der Waals surface area contributed by atoms with Gasteiger partial charge in [0, 0.05) is 0 Å². The lowest BCUT2D eigenvalue weighted by Gasteiger charge is -2.12. The second-order valence-corrected chi connectivity index (χ2v) is 2.87. The van der Waals surface area contributed by atoms with Crippen LogP contribution in [0.15, 0.2) is 24.3 Å². The third-order valence-corrected chi connectivity index (χ3v) is 1.83. The van der Waals surface area contributed by atoms with E-state index < -0.39 is 12.5 Å². The van der Waals surface area contributed by atoms with E-state index in [0.29, 0.717) is 17.9 Å². The molecule has 14 heavy (non-hydrogen) atoms. The second-order valence-electron chi connectivity index (χ2n) is 2.87. The number of alkyl halides is 2. The number of hydrogen-bond acceptors (Lipinski definition) is 2. The Morgan fingerprint density at radius 1 is 1.43 bits per heavy atom. The van der Waals surface area contributed by atoms with E-state index in [1.54, 1.807) is 24.3 Å². The van der Waals surface area contributed by atoms with Gasteiger partial charge in [-0.2, -0.15) is 0 Å². The fourth-order valence-corrected chi connectivity index (χ4v) is 1.12. The van der Waals surface area contributed by atoms with Gasteiger partial charge in [0.2, 0.25) is 0 Å². The summed E-state index contributed by atoms with van der Waals surface area (Å²) in [6, 6.07) is 5.24. The van der Waals surface area contributed by atoms with Crippen molar-refractivity contribution in [2.75, 3.05) is 6.61 Å². The molecule has 0 aliphatic rings. The Morgan fingerprint density at radius 3 is 2.71 bits per heavy atom. The van der Waals surface area contributed by atoms with Crippen LogP contribution in [-0.2, 0) is 0 Å². The van der Waals surface area contributed by atoms with Gasteiger partial charge in [-0.1, -0.05) is 12.1 Å². The molecule has 0 aromatic heterocycles. The summed E-state index contributed by atoms with van der Waals surface area (Å²) in [4.78, 5) is 0. The highest BCUT2D eigenvalue weighted by Gasteiger charge is 2.17. The van der Waals surface area contributed by atoms with Crippen LogP contribution < -0.4 is 10.5 Å². The van der Waals surface area contributed by atoms with E-state index >= 15 is 0 Å². The van der Waals surface area contributed by atoms with Crippen LogP contribution in [0.2, 0.25) is 0 Å². The summed E-state index contributed by atoms with van der Waals surface area (Å²) in [5.74, 6) is 0.570. The molecule has 0 bridgehead atoms. The molecule has 1 aromatic carbocycles. The quantitative estimate of drug-likeness (QED) is 0.811. The first-order valence-electron chi connectivity index (χ1n) is 4.41. The fraction of sp³-hybridized carbons (Fsp3) is 0.400. The van der Waals surface area contributed by atoms with Gasteiger partial charge in [0.1, 0.15) is 5.75 Å². The van der Waals surface area contributed by atoms with E-state index in [9.17, 15) is 8.78 Å². The Balaban J connectivity index is 2.82. The van der Waals surface area contributed by atoms with Crippen molar-refractivity contribution in [3.8, 4) is 5.75 Å². The average molecular weight is 201 g/mol. The minimum atomic E-state index is -2.55. The molecule has 1 rings (SSSR count). The van der Waals surface area contributed by atoms with E-state index in [4.69, 9.17) is 10.5 Å². The molecule has 0 spiro atoms. The highest BCUT2D eigenvalue weighted by molar-refractivity contribution is 5.30. The summed E-state index contributed by atoms with van der Waals surface area (Å²) in [7, 11) is 0. The minimum absolute atomic E-state index is 0.394. The molecular formula is C10H13F2NO. The van der Waals surface area contributed by atoms with Crippen LogP contribution >= 0.6 is 0 Å². The van der Waals surface area contributed by atoms with Crippen molar-refractivity contribution in [3.05, 3.63) is 29.8 Å². The van der Waals surface area contributed by atoms with Crippen LogP contribution in [-0.4, -0.2) is 13.0 Å². The van der Waals surface area contributed by atoms with Crippen molar-refractivity contribution in [2.45, 2.75) is 19.4 Å². The van der Waals surface area contributed by atoms with Crippen LogP contribution in [0.3, 0.4) is 0 Å². The highest BCUT2D eigenvalue weighted by Crippen LogP contribution is 2.21. The lowest BCUT2D eigenvalue weighted by atomic mass is 10.1. The van der Waals surface area contributed by atoms with Gasteiger partial charge in [-0.05, 0) is 24.6 Å². The van der Waals surface area contributed by atoms with Crippen LogP contribution in [0.5, 0.6) is 5.75 Å². The molecule has 2 nitrogen and oxygen atoms in total. The van der Waals surface area contributed by atoms with Gasteiger partial charge in [0.15, 0.2) is 0 Å². The first kappa shape index (κ1) is 10.9. The van der Waals surface area contributed by atoms with Gasteiger partial charge < -0.3 is 10.5 Å². The molecule has 0 saturated heterocycles. The van der Waals surface area contributed by atoms with E-state index in [1.807, 2.05) is 6.92 Å². The normalized spacial score (nSPS) is 12.9. The molecule has 0 aliphatic heterocycles. The maximum atomic E-state index is 12.3. The Kier molecular flexibility index (Phi) is 3.83. The summed E-state index contributed by atoms with van der Waals surface area (Å²) < 4.78 is 29.7. The molecule has 4 heteroatoms. The van der Waals surface area contributed by atoms with Gasteiger partial charge in [-0.3, -0.25) is 0 Å². The van der Waals surface area contributed by atoms with Gasteiger partial charge in [0.25, 0.3) is 6.43 Å². The van der Waals surface area contributed by atoms with E-state index in [2.05, 4.69) is 0 Å².